The number of ether oxygens (including phenoxy) is 1. The molecule has 2 heterocycles. The van der Waals surface area contributed by atoms with Gasteiger partial charge in [0.2, 0.25) is 0 Å². The Kier molecular flexibility index (Phi) is 1.83. The van der Waals surface area contributed by atoms with E-state index in [2.05, 4.69) is 10.3 Å². The lowest BCUT2D eigenvalue weighted by atomic mass is 10.3. The van der Waals surface area contributed by atoms with E-state index in [0.717, 1.165) is 24.5 Å². The monoisotopic (exact) mass is 165 g/mol. The largest absolute Gasteiger partial charge is 0.490 e. The summed E-state index contributed by atoms with van der Waals surface area (Å²) < 4.78 is 5.42. The average molecular weight is 165 g/mol. The van der Waals surface area contributed by atoms with Crippen LogP contribution in [0.15, 0.2) is 12.1 Å². The Labute approximate surface area is 70.7 Å². The summed E-state index contributed by atoms with van der Waals surface area (Å²) in [6, 6.07) is 3.62. The molecule has 1 aromatic rings. The maximum Gasteiger partial charge on any atom is 0.142 e. The fourth-order valence-electron chi connectivity index (χ4n) is 1.20. The number of nitrogens with zero attached hydrogens (tertiary/aromatic N) is 1. The van der Waals surface area contributed by atoms with E-state index in [9.17, 15) is 0 Å². The summed E-state index contributed by atoms with van der Waals surface area (Å²) in [4.78, 5) is 4.16. The van der Waals surface area contributed by atoms with Gasteiger partial charge in [0.1, 0.15) is 18.2 Å². The molecule has 0 atom stereocenters. The van der Waals surface area contributed by atoms with Crippen molar-refractivity contribution in [3.8, 4) is 5.75 Å². The molecule has 0 bridgehead atoms. The maximum absolute atomic E-state index is 5.54. The Morgan fingerprint density at radius 2 is 2.42 bits per heavy atom. The van der Waals surface area contributed by atoms with Crippen molar-refractivity contribution in [3.63, 3.8) is 0 Å². The van der Waals surface area contributed by atoms with Crippen LogP contribution in [0.3, 0.4) is 0 Å². The summed E-state index contributed by atoms with van der Waals surface area (Å²) >= 11 is 0. The Balaban J connectivity index is 2.36. The van der Waals surface area contributed by atoms with Gasteiger partial charge in [-0.15, -0.1) is 0 Å². The van der Waals surface area contributed by atoms with Crippen LogP contribution in [0.5, 0.6) is 5.75 Å². The third kappa shape index (κ3) is 1.33. The molecule has 2 rings (SSSR count). The summed E-state index contributed by atoms with van der Waals surface area (Å²) in [5.41, 5.74) is 6.43. The van der Waals surface area contributed by atoms with Crippen LogP contribution >= 0.6 is 0 Å². The van der Waals surface area contributed by atoms with Crippen LogP contribution in [0.4, 0.5) is 5.82 Å². The minimum absolute atomic E-state index is 0.543. The van der Waals surface area contributed by atoms with Gasteiger partial charge in [-0.05, 0) is 12.1 Å². The molecule has 1 aliphatic heterocycles. The van der Waals surface area contributed by atoms with Gasteiger partial charge in [0.25, 0.3) is 0 Å². The maximum atomic E-state index is 5.54. The number of pyridine rings is 1. The Morgan fingerprint density at radius 1 is 1.50 bits per heavy atom. The topological polar surface area (TPSA) is 60.2 Å². The van der Waals surface area contributed by atoms with Crippen LogP contribution in [-0.4, -0.2) is 18.1 Å². The van der Waals surface area contributed by atoms with Crippen molar-refractivity contribution in [3.05, 3.63) is 17.8 Å². The van der Waals surface area contributed by atoms with Crippen LogP contribution in [0.25, 0.3) is 0 Å². The van der Waals surface area contributed by atoms with Gasteiger partial charge in [0, 0.05) is 13.1 Å². The number of nitrogens with two attached hydrogens (primary N) is 1. The summed E-state index contributed by atoms with van der Waals surface area (Å²) in [5, 5.41) is 3.19. The standard InChI is InChI=1S/C8H11N3O/c9-8-2-1-7-6(11-8)5-10-3-4-12-7/h1-2,10H,3-5H2,(H2,9,11). The van der Waals surface area contributed by atoms with Gasteiger partial charge in [0.05, 0.1) is 5.69 Å². The minimum Gasteiger partial charge on any atom is -0.490 e. The summed E-state index contributed by atoms with van der Waals surface area (Å²) in [6.45, 7) is 2.29. The van der Waals surface area contributed by atoms with Crippen LogP contribution in [0, 0.1) is 0 Å². The SMILES string of the molecule is Nc1ccc2c(n1)CNCCO2. The highest BCUT2D eigenvalue weighted by Crippen LogP contribution is 2.18. The first kappa shape index (κ1) is 7.36. The second-order valence-electron chi connectivity index (χ2n) is 2.71. The summed E-state index contributed by atoms with van der Waals surface area (Å²) in [7, 11) is 0. The normalized spacial score (nSPS) is 16.0. The molecule has 0 saturated carbocycles. The first-order valence-corrected chi connectivity index (χ1v) is 3.95. The van der Waals surface area contributed by atoms with E-state index in [1.54, 1.807) is 6.07 Å². The number of nitrogen functional groups attached to an aromatic ring is 1. The molecule has 0 aromatic carbocycles. The lowest BCUT2D eigenvalue weighted by Gasteiger charge is -2.04. The predicted octanol–water partition coefficient (Wildman–Crippen LogP) is 0.146. The van der Waals surface area contributed by atoms with Gasteiger partial charge in [-0.1, -0.05) is 0 Å². The molecule has 0 amide bonds. The Hall–Kier alpha value is -1.29. The molecule has 4 nitrogen and oxygen atoms in total. The molecule has 3 N–H and O–H groups in total. The fourth-order valence-corrected chi connectivity index (χ4v) is 1.20. The van der Waals surface area contributed by atoms with Gasteiger partial charge in [-0.25, -0.2) is 4.98 Å². The zero-order valence-corrected chi connectivity index (χ0v) is 6.71. The van der Waals surface area contributed by atoms with Crippen molar-refractivity contribution < 1.29 is 4.74 Å². The summed E-state index contributed by atoms with van der Waals surface area (Å²) in [6.07, 6.45) is 0. The molecule has 12 heavy (non-hydrogen) atoms. The molecule has 0 spiro atoms. The Bertz CT molecular complexity index is 288. The van der Waals surface area contributed by atoms with E-state index >= 15 is 0 Å². The number of hydrogen-bond acceptors (Lipinski definition) is 4. The van der Waals surface area contributed by atoms with Crippen molar-refractivity contribution in [2.75, 3.05) is 18.9 Å². The van der Waals surface area contributed by atoms with E-state index in [1.807, 2.05) is 6.07 Å². The van der Waals surface area contributed by atoms with Crippen molar-refractivity contribution in [1.82, 2.24) is 10.3 Å². The van der Waals surface area contributed by atoms with Gasteiger partial charge >= 0.3 is 0 Å². The molecular formula is C8H11N3O. The lowest BCUT2D eigenvalue weighted by Crippen LogP contribution is -2.16. The smallest absolute Gasteiger partial charge is 0.142 e. The molecule has 4 heteroatoms. The first-order chi connectivity index (χ1) is 5.86. The highest BCUT2D eigenvalue weighted by atomic mass is 16.5. The second-order valence-corrected chi connectivity index (χ2v) is 2.71. The van der Waals surface area contributed by atoms with Crippen LogP contribution in [-0.2, 0) is 6.54 Å². The van der Waals surface area contributed by atoms with Gasteiger partial charge < -0.3 is 15.8 Å². The van der Waals surface area contributed by atoms with E-state index in [-0.39, 0.29) is 0 Å². The van der Waals surface area contributed by atoms with E-state index < -0.39 is 0 Å². The molecule has 0 fully saturated rings. The zero-order valence-electron chi connectivity index (χ0n) is 6.71. The van der Waals surface area contributed by atoms with Crippen molar-refractivity contribution in [1.29, 1.82) is 0 Å². The molecule has 0 saturated heterocycles. The molecular weight excluding hydrogens is 154 g/mol. The van der Waals surface area contributed by atoms with Crippen LogP contribution in [0.1, 0.15) is 5.69 Å². The van der Waals surface area contributed by atoms with Crippen LogP contribution < -0.4 is 15.8 Å². The van der Waals surface area contributed by atoms with Crippen molar-refractivity contribution in [2.45, 2.75) is 6.54 Å². The number of anilines is 1. The van der Waals surface area contributed by atoms with Crippen molar-refractivity contribution in [2.24, 2.45) is 0 Å². The Morgan fingerprint density at radius 3 is 3.33 bits per heavy atom. The van der Waals surface area contributed by atoms with Crippen molar-refractivity contribution >= 4 is 5.82 Å². The van der Waals surface area contributed by atoms with Gasteiger partial charge in [-0.3, -0.25) is 0 Å². The van der Waals surface area contributed by atoms with E-state index in [1.165, 1.54) is 0 Å². The molecule has 0 unspecified atom stereocenters. The van der Waals surface area contributed by atoms with Gasteiger partial charge in [0.15, 0.2) is 0 Å². The fraction of sp³-hybridized carbons (Fsp3) is 0.375. The van der Waals surface area contributed by atoms with Crippen LogP contribution in [0.2, 0.25) is 0 Å². The molecule has 64 valence electrons. The molecule has 1 aromatic heterocycles. The van der Waals surface area contributed by atoms with E-state index in [0.29, 0.717) is 12.4 Å². The predicted molar refractivity (Wildman–Crippen MR) is 45.9 cm³/mol. The van der Waals surface area contributed by atoms with Gasteiger partial charge in [-0.2, -0.15) is 0 Å². The first-order valence-electron chi connectivity index (χ1n) is 3.95. The third-order valence-electron chi connectivity index (χ3n) is 1.78. The quantitative estimate of drug-likeness (QED) is 0.574. The highest BCUT2D eigenvalue weighted by molar-refractivity contribution is 5.38. The molecule has 0 aliphatic carbocycles. The number of rotatable bonds is 0. The zero-order chi connectivity index (χ0) is 8.39. The second kappa shape index (κ2) is 2.98. The number of nitrogens with one attached hydrogen (secondary N) is 1. The minimum atomic E-state index is 0.543. The molecule has 1 aliphatic rings. The lowest BCUT2D eigenvalue weighted by molar-refractivity contribution is 0.325. The molecule has 0 radical (unpaired) electrons. The number of hydrogen-bond donors (Lipinski definition) is 2. The highest BCUT2D eigenvalue weighted by Gasteiger charge is 2.08. The number of aromatic nitrogens is 1. The third-order valence-corrected chi connectivity index (χ3v) is 1.78. The summed E-state index contributed by atoms with van der Waals surface area (Å²) in [5.74, 6) is 1.38. The van der Waals surface area contributed by atoms with E-state index in [4.69, 9.17) is 10.5 Å². The average Bonchev–Trinajstić information content (AvgIpc) is 2.28. The number of fused-ring (bicyclic) bond motifs is 1.